The lowest BCUT2D eigenvalue weighted by Crippen LogP contribution is -2.45. The summed E-state index contributed by atoms with van der Waals surface area (Å²) in [4.78, 5) is 39.0. The molecular formula is C25H30F2N8O3. The van der Waals surface area contributed by atoms with E-state index in [0.29, 0.717) is 55.9 Å². The Morgan fingerprint density at radius 1 is 1.11 bits per heavy atom. The molecule has 2 fully saturated rings. The number of methoxy groups -OCH3 is 1. The van der Waals surface area contributed by atoms with Crippen molar-refractivity contribution in [3.63, 3.8) is 0 Å². The van der Waals surface area contributed by atoms with Gasteiger partial charge in [-0.25, -0.2) is 23.5 Å². The van der Waals surface area contributed by atoms with Gasteiger partial charge in [-0.1, -0.05) is 6.07 Å². The number of carbonyl (C=O) groups excluding carboxylic acids is 2. The zero-order valence-electron chi connectivity index (χ0n) is 21.0. The molecule has 0 unspecified atom stereocenters. The second kappa shape index (κ2) is 10.8. The molecule has 38 heavy (non-hydrogen) atoms. The fourth-order valence-corrected chi connectivity index (χ4v) is 5.31. The summed E-state index contributed by atoms with van der Waals surface area (Å²) in [7, 11) is 1.35. The number of aromatic nitrogens is 4. The molecule has 3 aromatic rings. The SMILES string of the molecule is COC(=O)N1CCC[C@@H](Nc2ncc3nc(Nc4c(F)cccc4F)n([C@H]4CC[C@H](C(N)=O)CC4)c3n2)C1. The molecule has 0 spiro atoms. The van der Waals surface area contributed by atoms with Gasteiger partial charge in [-0.3, -0.25) is 9.36 Å². The van der Waals surface area contributed by atoms with Gasteiger partial charge >= 0.3 is 6.09 Å². The predicted molar refractivity (Wildman–Crippen MR) is 136 cm³/mol. The summed E-state index contributed by atoms with van der Waals surface area (Å²) < 4.78 is 35.6. The number of nitrogens with one attached hydrogen (secondary N) is 2. The molecule has 13 heteroatoms. The molecule has 0 bridgehead atoms. The molecule has 0 radical (unpaired) electrons. The number of likely N-dealkylation sites (tertiary alicyclic amines) is 1. The second-order valence-electron chi connectivity index (χ2n) is 9.74. The molecule has 3 heterocycles. The van der Waals surface area contributed by atoms with Crippen LogP contribution in [0.15, 0.2) is 24.4 Å². The Bertz CT molecular complexity index is 1320. The average molecular weight is 529 g/mol. The number of carbonyl (C=O) groups is 2. The van der Waals surface area contributed by atoms with Gasteiger partial charge < -0.3 is 26.0 Å². The summed E-state index contributed by atoms with van der Waals surface area (Å²) in [5, 5.41) is 6.12. The Labute approximate surface area is 217 Å². The number of piperidine rings is 1. The van der Waals surface area contributed by atoms with Crippen molar-refractivity contribution in [2.24, 2.45) is 11.7 Å². The van der Waals surface area contributed by atoms with Crippen LogP contribution in [-0.4, -0.2) is 62.7 Å². The average Bonchev–Trinajstić information content (AvgIpc) is 3.27. The fraction of sp³-hybridized carbons (Fsp3) is 0.480. The van der Waals surface area contributed by atoms with Crippen molar-refractivity contribution in [1.82, 2.24) is 24.4 Å². The Morgan fingerprint density at radius 2 is 1.84 bits per heavy atom. The number of hydrogen-bond donors (Lipinski definition) is 3. The van der Waals surface area contributed by atoms with Crippen molar-refractivity contribution in [3.05, 3.63) is 36.0 Å². The third-order valence-electron chi connectivity index (χ3n) is 7.28. The third-order valence-corrected chi connectivity index (χ3v) is 7.28. The van der Waals surface area contributed by atoms with Crippen molar-refractivity contribution < 1.29 is 23.1 Å². The smallest absolute Gasteiger partial charge is 0.409 e. The van der Waals surface area contributed by atoms with E-state index in [1.165, 1.54) is 25.3 Å². The van der Waals surface area contributed by atoms with Gasteiger partial charge in [0.15, 0.2) is 5.65 Å². The molecule has 1 atom stereocenters. The summed E-state index contributed by atoms with van der Waals surface area (Å²) >= 11 is 0. The maximum Gasteiger partial charge on any atom is 0.409 e. The molecular weight excluding hydrogens is 498 g/mol. The minimum atomic E-state index is -0.748. The van der Waals surface area contributed by atoms with Crippen LogP contribution in [0.1, 0.15) is 44.6 Å². The van der Waals surface area contributed by atoms with Crippen LogP contribution in [0.5, 0.6) is 0 Å². The van der Waals surface area contributed by atoms with Crippen molar-refractivity contribution in [2.75, 3.05) is 30.8 Å². The summed E-state index contributed by atoms with van der Waals surface area (Å²) in [6, 6.07) is 3.42. The van der Waals surface area contributed by atoms with Crippen LogP contribution in [0.3, 0.4) is 0 Å². The van der Waals surface area contributed by atoms with Gasteiger partial charge in [0.1, 0.15) is 22.8 Å². The highest BCUT2D eigenvalue weighted by molar-refractivity contribution is 5.78. The quantitative estimate of drug-likeness (QED) is 0.440. The van der Waals surface area contributed by atoms with Crippen molar-refractivity contribution >= 4 is 40.7 Å². The van der Waals surface area contributed by atoms with E-state index < -0.39 is 11.6 Å². The maximum atomic E-state index is 14.5. The van der Waals surface area contributed by atoms with Crippen LogP contribution < -0.4 is 16.4 Å². The molecule has 1 aromatic carbocycles. The van der Waals surface area contributed by atoms with E-state index in [0.717, 1.165) is 12.8 Å². The van der Waals surface area contributed by atoms with Crippen molar-refractivity contribution in [3.8, 4) is 0 Å². The normalized spacial score (nSPS) is 21.8. The van der Waals surface area contributed by atoms with Gasteiger partial charge in [0.05, 0.1) is 13.3 Å². The second-order valence-corrected chi connectivity index (χ2v) is 9.74. The van der Waals surface area contributed by atoms with E-state index in [-0.39, 0.29) is 41.6 Å². The molecule has 1 aliphatic heterocycles. The minimum Gasteiger partial charge on any atom is -0.453 e. The van der Waals surface area contributed by atoms with E-state index in [1.807, 2.05) is 4.57 Å². The molecule has 4 N–H and O–H groups in total. The zero-order valence-corrected chi connectivity index (χ0v) is 21.0. The Balaban J connectivity index is 1.47. The number of benzene rings is 1. The summed E-state index contributed by atoms with van der Waals surface area (Å²) in [6.07, 6.45) is 5.23. The number of ether oxygens (including phenoxy) is 1. The van der Waals surface area contributed by atoms with Crippen molar-refractivity contribution in [2.45, 2.75) is 50.6 Å². The molecule has 5 rings (SSSR count). The first-order chi connectivity index (χ1) is 18.3. The molecule has 2 aliphatic rings. The van der Waals surface area contributed by atoms with E-state index in [1.54, 1.807) is 11.1 Å². The van der Waals surface area contributed by atoms with Gasteiger partial charge in [0, 0.05) is 31.1 Å². The molecule has 2 amide bonds. The summed E-state index contributed by atoms with van der Waals surface area (Å²) in [6.45, 7) is 1.07. The molecule has 1 saturated carbocycles. The number of imidazole rings is 1. The van der Waals surface area contributed by atoms with Crippen LogP contribution in [0.25, 0.3) is 11.2 Å². The summed E-state index contributed by atoms with van der Waals surface area (Å²) in [5.41, 5.74) is 6.15. The number of nitrogens with zero attached hydrogens (tertiary/aromatic N) is 5. The van der Waals surface area contributed by atoms with Gasteiger partial charge in [-0.05, 0) is 50.7 Å². The number of hydrogen-bond acceptors (Lipinski definition) is 8. The zero-order chi connectivity index (χ0) is 26.8. The largest absolute Gasteiger partial charge is 0.453 e. The standard InChI is InChI=1S/C25H30F2N8O3/c1-38-25(37)34-11-3-4-15(13-34)30-23-29-12-19-22(33-23)35(16-9-7-14(8-10-16)21(28)36)24(31-19)32-20-17(26)5-2-6-18(20)27/h2,5-6,12,14-16H,3-4,7-11,13H2,1H3,(H2,28,36)(H,31,32)(H,29,30,33)/t14-,15-,16-/m1/s1. The highest BCUT2D eigenvalue weighted by Crippen LogP contribution is 2.37. The van der Waals surface area contributed by atoms with E-state index >= 15 is 0 Å². The summed E-state index contributed by atoms with van der Waals surface area (Å²) in [5.74, 6) is -1.45. The first-order valence-electron chi connectivity index (χ1n) is 12.7. The van der Waals surface area contributed by atoms with E-state index in [9.17, 15) is 18.4 Å². The van der Waals surface area contributed by atoms with Crippen LogP contribution in [0, 0.1) is 17.6 Å². The topological polar surface area (TPSA) is 140 Å². The Hall–Kier alpha value is -4.03. The molecule has 1 saturated heterocycles. The Morgan fingerprint density at radius 3 is 2.53 bits per heavy atom. The highest BCUT2D eigenvalue weighted by Gasteiger charge is 2.30. The molecule has 1 aliphatic carbocycles. The first kappa shape index (κ1) is 25.6. The Kier molecular flexibility index (Phi) is 7.25. The predicted octanol–water partition coefficient (Wildman–Crippen LogP) is 3.71. The third kappa shape index (κ3) is 5.18. The van der Waals surface area contributed by atoms with Crippen LogP contribution in [0.2, 0.25) is 0 Å². The lowest BCUT2D eigenvalue weighted by Gasteiger charge is -2.32. The van der Waals surface area contributed by atoms with Crippen LogP contribution in [0.4, 0.5) is 31.2 Å². The number of anilines is 3. The lowest BCUT2D eigenvalue weighted by atomic mass is 9.85. The number of nitrogens with two attached hydrogens (primary N) is 1. The lowest BCUT2D eigenvalue weighted by molar-refractivity contribution is -0.122. The van der Waals surface area contributed by atoms with Gasteiger partial charge in [-0.2, -0.15) is 4.98 Å². The molecule has 202 valence electrons. The van der Waals surface area contributed by atoms with E-state index in [2.05, 4.69) is 20.6 Å². The van der Waals surface area contributed by atoms with Gasteiger partial charge in [0.2, 0.25) is 17.8 Å². The molecule has 2 aromatic heterocycles. The molecule has 11 nitrogen and oxygen atoms in total. The number of amides is 2. The number of fused-ring (bicyclic) bond motifs is 1. The van der Waals surface area contributed by atoms with Crippen molar-refractivity contribution in [1.29, 1.82) is 0 Å². The van der Waals surface area contributed by atoms with Gasteiger partial charge in [-0.15, -0.1) is 0 Å². The fourth-order valence-electron chi connectivity index (χ4n) is 5.31. The minimum absolute atomic E-state index is 0.0761. The number of para-hydroxylation sites is 1. The van der Waals surface area contributed by atoms with Gasteiger partial charge in [0.25, 0.3) is 0 Å². The van der Waals surface area contributed by atoms with Crippen LogP contribution in [-0.2, 0) is 9.53 Å². The highest BCUT2D eigenvalue weighted by atomic mass is 19.1. The number of halogens is 2. The number of rotatable bonds is 6. The number of primary amides is 1. The monoisotopic (exact) mass is 528 g/mol. The first-order valence-corrected chi connectivity index (χ1v) is 12.7. The van der Waals surface area contributed by atoms with E-state index in [4.69, 9.17) is 15.5 Å². The van der Waals surface area contributed by atoms with Crippen LogP contribution >= 0.6 is 0 Å². The maximum absolute atomic E-state index is 14.5.